The predicted molar refractivity (Wildman–Crippen MR) is 113 cm³/mol. The molecule has 1 atom stereocenters. The summed E-state index contributed by atoms with van der Waals surface area (Å²) < 4.78 is 11.3. The minimum absolute atomic E-state index is 0.0373. The van der Waals surface area contributed by atoms with Crippen LogP contribution in [0.4, 0.5) is 0 Å². The second-order valence-corrected chi connectivity index (χ2v) is 7.62. The van der Waals surface area contributed by atoms with Gasteiger partial charge in [0.1, 0.15) is 29.1 Å². The Labute approximate surface area is 176 Å². The van der Waals surface area contributed by atoms with Gasteiger partial charge in [-0.05, 0) is 63.8 Å². The lowest BCUT2D eigenvalue weighted by atomic mass is 9.99. The lowest BCUT2D eigenvalue weighted by Gasteiger charge is -2.24. The van der Waals surface area contributed by atoms with Gasteiger partial charge in [-0.1, -0.05) is 6.92 Å². The zero-order valence-electron chi connectivity index (χ0n) is 17.8. The smallest absolute Gasteiger partial charge is 0.295 e. The molecule has 1 aromatic carbocycles. The van der Waals surface area contributed by atoms with E-state index in [4.69, 9.17) is 9.15 Å². The van der Waals surface area contributed by atoms with Gasteiger partial charge in [0.25, 0.3) is 11.7 Å². The number of aliphatic hydroxyl groups excluding tert-OH is 1. The van der Waals surface area contributed by atoms with Crippen molar-refractivity contribution in [3.05, 3.63) is 59.1 Å². The average molecular weight is 412 g/mol. The quantitative estimate of drug-likeness (QED) is 0.407. The zero-order chi connectivity index (χ0) is 21.8. The molecule has 1 aliphatic rings. The molecule has 1 N–H and O–H groups in total. The highest BCUT2D eigenvalue weighted by Gasteiger charge is 2.47. The molecule has 0 bridgehead atoms. The first-order valence-corrected chi connectivity index (χ1v) is 10.1. The SMILES string of the molecule is CCCOc1ccc(/C(O)=C2\C(=O)C(=O)N(CCN(C)C)[C@H]2c2ccc(C)o2)cc1. The van der Waals surface area contributed by atoms with Crippen LogP contribution < -0.4 is 4.74 Å². The van der Waals surface area contributed by atoms with Crippen LogP contribution in [0.1, 0.15) is 36.5 Å². The molecule has 1 saturated heterocycles. The molecule has 1 fully saturated rings. The Kier molecular flexibility index (Phi) is 6.62. The van der Waals surface area contributed by atoms with Gasteiger partial charge in [-0.25, -0.2) is 0 Å². The first-order valence-electron chi connectivity index (χ1n) is 10.1. The summed E-state index contributed by atoms with van der Waals surface area (Å²) in [5.41, 5.74) is 0.480. The maximum atomic E-state index is 12.9. The Morgan fingerprint density at radius 2 is 1.87 bits per heavy atom. The summed E-state index contributed by atoms with van der Waals surface area (Å²) in [4.78, 5) is 29.1. The second-order valence-electron chi connectivity index (χ2n) is 7.62. The minimum atomic E-state index is -0.769. The Morgan fingerprint density at radius 3 is 2.43 bits per heavy atom. The fraction of sp³-hybridized carbons (Fsp3) is 0.391. The number of likely N-dealkylation sites (N-methyl/N-ethyl adjacent to an activating group) is 1. The number of aliphatic hydroxyl groups is 1. The van der Waals surface area contributed by atoms with E-state index in [1.165, 1.54) is 4.90 Å². The van der Waals surface area contributed by atoms with E-state index in [1.807, 2.05) is 25.9 Å². The van der Waals surface area contributed by atoms with Crippen LogP contribution in [0.25, 0.3) is 5.76 Å². The number of benzene rings is 1. The van der Waals surface area contributed by atoms with Crippen molar-refractivity contribution >= 4 is 17.4 Å². The Bertz CT molecular complexity index is 943. The van der Waals surface area contributed by atoms with Gasteiger partial charge in [0, 0.05) is 18.7 Å². The zero-order valence-corrected chi connectivity index (χ0v) is 17.8. The van der Waals surface area contributed by atoms with E-state index >= 15 is 0 Å². The van der Waals surface area contributed by atoms with Gasteiger partial charge in [-0.2, -0.15) is 0 Å². The third-order valence-corrected chi connectivity index (χ3v) is 4.96. The fourth-order valence-corrected chi connectivity index (χ4v) is 3.40. The highest BCUT2D eigenvalue weighted by Crippen LogP contribution is 2.40. The predicted octanol–water partition coefficient (Wildman–Crippen LogP) is 3.36. The van der Waals surface area contributed by atoms with Crippen LogP contribution in [0.2, 0.25) is 0 Å². The normalized spacial score (nSPS) is 18.4. The molecule has 0 aliphatic carbocycles. The van der Waals surface area contributed by atoms with E-state index in [2.05, 4.69) is 0 Å². The van der Waals surface area contributed by atoms with Gasteiger partial charge in [-0.3, -0.25) is 9.59 Å². The first kappa shape index (κ1) is 21.6. The van der Waals surface area contributed by atoms with Crippen molar-refractivity contribution in [1.29, 1.82) is 0 Å². The number of hydrogen-bond donors (Lipinski definition) is 1. The molecule has 30 heavy (non-hydrogen) atoms. The molecule has 2 heterocycles. The summed E-state index contributed by atoms with van der Waals surface area (Å²) >= 11 is 0. The lowest BCUT2D eigenvalue weighted by molar-refractivity contribution is -0.140. The second kappa shape index (κ2) is 9.17. The first-order chi connectivity index (χ1) is 14.3. The summed E-state index contributed by atoms with van der Waals surface area (Å²) in [5.74, 6) is 0.229. The Balaban J connectivity index is 2.02. The summed E-state index contributed by atoms with van der Waals surface area (Å²) in [6.07, 6.45) is 0.890. The van der Waals surface area contributed by atoms with Gasteiger partial charge in [0.05, 0.1) is 12.2 Å². The highest BCUT2D eigenvalue weighted by atomic mass is 16.5. The highest BCUT2D eigenvalue weighted by molar-refractivity contribution is 6.46. The molecule has 1 aromatic heterocycles. The number of rotatable bonds is 8. The molecular formula is C23H28N2O5. The topological polar surface area (TPSA) is 83.2 Å². The van der Waals surface area contributed by atoms with Crippen molar-refractivity contribution < 1.29 is 23.8 Å². The van der Waals surface area contributed by atoms with Gasteiger partial charge in [0.2, 0.25) is 0 Å². The molecule has 0 saturated carbocycles. The standard InChI is InChI=1S/C23H28N2O5/c1-5-14-29-17-9-7-16(8-10-17)21(26)19-20(18-11-6-15(2)30-18)25(13-12-24(3)4)23(28)22(19)27/h6-11,20,26H,5,12-14H2,1-4H3/b21-19+/t20-/m0/s1. The van der Waals surface area contributed by atoms with E-state index < -0.39 is 17.7 Å². The number of hydrogen-bond acceptors (Lipinski definition) is 6. The van der Waals surface area contributed by atoms with Crippen LogP contribution in [-0.2, 0) is 9.59 Å². The molecule has 2 aromatic rings. The number of ether oxygens (including phenoxy) is 1. The molecular weight excluding hydrogens is 384 g/mol. The van der Waals surface area contributed by atoms with E-state index in [-0.39, 0.29) is 11.3 Å². The molecule has 0 spiro atoms. The number of furan rings is 1. The summed E-state index contributed by atoms with van der Waals surface area (Å²) in [5, 5.41) is 11.0. The van der Waals surface area contributed by atoms with Crippen molar-refractivity contribution in [2.24, 2.45) is 0 Å². The van der Waals surface area contributed by atoms with Crippen LogP contribution in [0.15, 0.2) is 46.4 Å². The van der Waals surface area contributed by atoms with E-state index in [0.29, 0.717) is 42.5 Å². The molecule has 7 heteroatoms. The van der Waals surface area contributed by atoms with E-state index in [1.54, 1.807) is 43.3 Å². The van der Waals surface area contributed by atoms with Gasteiger partial charge in [-0.15, -0.1) is 0 Å². The third kappa shape index (κ3) is 4.41. The molecule has 1 amide bonds. The average Bonchev–Trinajstić information content (AvgIpc) is 3.26. The number of carbonyl (C=O) groups excluding carboxylic acids is 2. The van der Waals surface area contributed by atoms with E-state index in [9.17, 15) is 14.7 Å². The van der Waals surface area contributed by atoms with Crippen LogP contribution in [0, 0.1) is 6.92 Å². The molecule has 0 radical (unpaired) electrons. The minimum Gasteiger partial charge on any atom is -0.507 e. The number of Topliss-reactive ketones (excluding diaryl/α,β-unsaturated/α-hetero) is 1. The maximum absolute atomic E-state index is 12.9. The van der Waals surface area contributed by atoms with Crippen molar-refractivity contribution in [1.82, 2.24) is 9.80 Å². The number of aryl methyl sites for hydroxylation is 1. The van der Waals surface area contributed by atoms with Gasteiger partial charge in [0.15, 0.2) is 0 Å². The van der Waals surface area contributed by atoms with Crippen LogP contribution in [-0.4, -0.2) is 60.4 Å². The van der Waals surface area contributed by atoms with Crippen LogP contribution in [0.5, 0.6) is 5.75 Å². The van der Waals surface area contributed by atoms with Crippen LogP contribution >= 0.6 is 0 Å². The summed E-state index contributed by atoms with van der Waals surface area (Å²) in [7, 11) is 3.79. The number of ketones is 1. The monoisotopic (exact) mass is 412 g/mol. The number of nitrogens with zero attached hydrogens (tertiary/aromatic N) is 2. The molecule has 7 nitrogen and oxygen atoms in total. The molecule has 160 valence electrons. The molecule has 0 unspecified atom stereocenters. The number of likely N-dealkylation sites (tertiary alicyclic amines) is 1. The van der Waals surface area contributed by atoms with Crippen molar-refractivity contribution in [3.8, 4) is 5.75 Å². The van der Waals surface area contributed by atoms with Gasteiger partial charge < -0.3 is 24.1 Å². The molecule has 1 aliphatic heterocycles. The Morgan fingerprint density at radius 1 is 1.17 bits per heavy atom. The number of carbonyl (C=O) groups is 2. The summed E-state index contributed by atoms with van der Waals surface area (Å²) in [6.45, 7) is 5.33. The summed E-state index contributed by atoms with van der Waals surface area (Å²) in [6, 6.07) is 9.58. The van der Waals surface area contributed by atoms with Crippen molar-refractivity contribution in [3.63, 3.8) is 0 Å². The largest absolute Gasteiger partial charge is 0.507 e. The van der Waals surface area contributed by atoms with Crippen molar-refractivity contribution in [2.75, 3.05) is 33.8 Å². The van der Waals surface area contributed by atoms with Crippen molar-refractivity contribution in [2.45, 2.75) is 26.3 Å². The third-order valence-electron chi connectivity index (χ3n) is 4.96. The number of amides is 1. The Hall–Kier alpha value is -3.06. The van der Waals surface area contributed by atoms with E-state index in [0.717, 1.165) is 6.42 Å². The maximum Gasteiger partial charge on any atom is 0.295 e. The van der Waals surface area contributed by atoms with Gasteiger partial charge >= 0.3 is 0 Å². The van der Waals surface area contributed by atoms with Crippen LogP contribution in [0.3, 0.4) is 0 Å². The molecule has 3 rings (SSSR count). The fourth-order valence-electron chi connectivity index (χ4n) is 3.40. The lowest BCUT2D eigenvalue weighted by Crippen LogP contribution is -2.35.